The summed E-state index contributed by atoms with van der Waals surface area (Å²) >= 11 is 6.15. The lowest BCUT2D eigenvalue weighted by atomic mass is 10.1. The molecule has 106 valence electrons. The summed E-state index contributed by atoms with van der Waals surface area (Å²) in [6, 6.07) is 3.79. The van der Waals surface area contributed by atoms with Crippen molar-refractivity contribution in [3.63, 3.8) is 0 Å². The van der Waals surface area contributed by atoms with E-state index < -0.39 is 0 Å². The number of nitrogens with two attached hydrogens (primary N) is 1. The summed E-state index contributed by atoms with van der Waals surface area (Å²) in [6.07, 6.45) is 2.32. The second kappa shape index (κ2) is 5.07. The first-order valence-corrected chi connectivity index (χ1v) is 7.02. The first-order valence-electron chi connectivity index (χ1n) is 6.64. The van der Waals surface area contributed by atoms with Crippen LogP contribution >= 0.6 is 11.6 Å². The Balaban J connectivity index is 2.18. The third-order valence-corrected chi connectivity index (χ3v) is 4.03. The molecule has 2 N–H and O–H groups in total. The molecule has 2 aromatic rings. The van der Waals surface area contributed by atoms with E-state index in [1.807, 2.05) is 23.7 Å². The minimum absolute atomic E-state index is 0.403. The number of nitrogens with zero attached hydrogens (tertiary/aromatic N) is 3. The van der Waals surface area contributed by atoms with Gasteiger partial charge in [0.05, 0.1) is 12.8 Å². The van der Waals surface area contributed by atoms with Crippen molar-refractivity contribution in [2.24, 2.45) is 5.73 Å². The molecule has 6 heteroatoms. The molecule has 0 atom stereocenters. The van der Waals surface area contributed by atoms with Crippen molar-refractivity contribution in [3.05, 3.63) is 34.1 Å². The molecule has 0 radical (unpaired) electrons. The minimum atomic E-state index is 0.403. The van der Waals surface area contributed by atoms with E-state index in [9.17, 15) is 0 Å². The molecule has 1 aliphatic rings. The Bertz CT molecular complexity index is 649. The Morgan fingerprint density at radius 2 is 2.20 bits per heavy atom. The standard InChI is InChI=1S/C14H17ClN4O/c1-8-5-12(13(20-2)6-10(8)15)19-14(9-3-4-9)11(7-16)17-18-19/h5-6,9H,3-4,7,16H2,1-2H3. The molecule has 0 unspecified atom stereocenters. The predicted octanol–water partition coefficient (Wildman–Crippen LogP) is 2.57. The lowest BCUT2D eigenvalue weighted by Crippen LogP contribution is -2.07. The van der Waals surface area contributed by atoms with Crippen LogP contribution in [0.4, 0.5) is 0 Å². The fourth-order valence-corrected chi connectivity index (χ4v) is 2.54. The maximum Gasteiger partial charge on any atom is 0.146 e. The van der Waals surface area contributed by atoms with Crippen LogP contribution in [0.25, 0.3) is 5.69 Å². The maximum atomic E-state index is 6.15. The van der Waals surface area contributed by atoms with Gasteiger partial charge in [0.25, 0.3) is 0 Å². The first-order chi connectivity index (χ1) is 9.65. The van der Waals surface area contributed by atoms with Gasteiger partial charge in [-0.3, -0.25) is 0 Å². The van der Waals surface area contributed by atoms with E-state index in [1.54, 1.807) is 7.11 Å². The summed E-state index contributed by atoms with van der Waals surface area (Å²) in [7, 11) is 1.63. The Kier molecular flexibility index (Phi) is 3.40. The Labute approximate surface area is 122 Å². The number of hydrogen-bond donors (Lipinski definition) is 1. The normalized spacial score (nSPS) is 14.6. The van der Waals surface area contributed by atoms with Gasteiger partial charge in [-0.1, -0.05) is 16.8 Å². The summed E-state index contributed by atoms with van der Waals surface area (Å²) in [5.74, 6) is 1.19. The van der Waals surface area contributed by atoms with Crippen LogP contribution in [0.15, 0.2) is 12.1 Å². The molecule has 1 fully saturated rings. The molecule has 0 bridgehead atoms. The van der Waals surface area contributed by atoms with Crippen LogP contribution in [0.5, 0.6) is 5.75 Å². The van der Waals surface area contributed by atoms with E-state index in [0.717, 1.165) is 35.5 Å². The maximum absolute atomic E-state index is 6.15. The highest BCUT2D eigenvalue weighted by Crippen LogP contribution is 2.43. The van der Waals surface area contributed by atoms with Crippen molar-refractivity contribution < 1.29 is 4.74 Å². The van der Waals surface area contributed by atoms with Crippen LogP contribution in [-0.2, 0) is 6.54 Å². The fraction of sp³-hybridized carbons (Fsp3) is 0.429. The first kappa shape index (κ1) is 13.4. The molecular formula is C14H17ClN4O. The van der Waals surface area contributed by atoms with Crippen molar-refractivity contribution in [1.29, 1.82) is 0 Å². The molecule has 0 spiro atoms. The quantitative estimate of drug-likeness (QED) is 0.940. The summed E-state index contributed by atoms with van der Waals surface area (Å²) in [5.41, 5.74) is 9.58. The van der Waals surface area contributed by atoms with E-state index in [0.29, 0.717) is 23.2 Å². The molecule has 1 aromatic carbocycles. The van der Waals surface area contributed by atoms with E-state index in [1.165, 1.54) is 0 Å². The highest BCUT2D eigenvalue weighted by atomic mass is 35.5. The van der Waals surface area contributed by atoms with E-state index in [2.05, 4.69) is 10.3 Å². The largest absolute Gasteiger partial charge is 0.494 e. The van der Waals surface area contributed by atoms with E-state index in [4.69, 9.17) is 22.1 Å². The van der Waals surface area contributed by atoms with Gasteiger partial charge < -0.3 is 10.5 Å². The molecular weight excluding hydrogens is 276 g/mol. The fourth-order valence-electron chi connectivity index (χ4n) is 2.39. The lowest BCUT2D eigenvalue weighted by Gasteiger charge is -2.13. The minimum Gasteiger partial charge on any atom is -0.494 e. The molecule has 5 nitrogen and oxygen atoms in total. The van der Waals surface area contributed by atoms with Gasteiger partial charge in [-0.05, 0) is 31.4 Å². The Morgan fingerprint density at radius 3 is 2.80 bits per heavy atom. The zero-order valence-electron chi connectivity index (χ0n) is 11.6. The highest BCUT2D eigenvalue weighted by molar-refractivity contribution is 6.31. The number of aromatic nitrogens is 3. The molecule has 0 amide bonds. The average Bonchev–Trinajstić information content (AvgIpc) is 3.20. The number of hydrogen-bond acceptors (Lipinski definition) is 4. The number of rotatable bonds is 4. The molecule has 3 rings (SSSR count). The van der Waals surface area contributed by atoms with Gasteiger partial charge in [0, 0.05) is 23.6 Å². The number of benzene rings is 1. The zero-order chi connectivity index (χ0) is 14.3. The third-order valence-electron chi connectivity index (χ3n) is 3.62. The monoisotopic (exact) mass is 292 g/mol. The topological polar surface area (TPSA) is 66.0 Å². The smallest absolute Gasteiger partial charge is 0.146 e. The number of halogens is 1. The summed E-state index contributed by atoms with van der Waals surface area (Å²) in [6.45, 7) is 2.36. The molecule has 20 heavy (non-hydrogen) atoms. The van der Waals surface area contributed by atoms with E-state index in [-0.39, 0.29) is 0 Å². The molecule has 0 aliphatic heterocycles. The number of ether oxygens (including phenoxy) is 1. The summed E-state index contributed by atoms with van der Waals surface area (Å²) < 4.78 is 7.28. The number of methoxy groups -OCH3 is 1. The van der Waals surface area contributed by atoms with Gasteiger partial charge in [0.15, 0.2) is 0 Å². The van der Waals surface area contributed by atoms with Gasteiger partial charge in [-0.15, -0.1) is 5.10 Å². The van der Waals surface area contributed by atoms with Crippen molar-refractivity contribution in [3.8, 4) is 11.4 Å². The molecule has 1 aromatic heterocycles. The Morgan fingerprint density at radius 1 is 1.45 bits per heavy atom. The van der Waals surface area contributed by atoms with Gasteiger partial charge in [0.2, 0.25) is 0 Å². The van der Waals surface area contributed by atoms with Crippen LogP contribution < -0.4 is 10.5 Å². The van der Waals surface area contributed by atoms with Gasteiger partial charge >= 0.3 is 0 Å². The van der Waals surface area contributed by atoms with Crippen molar-refractivity contribution in [1.82, 2.24) is 15.0 Å². The predicted molar refractivity (Wildman–Crippen MR) is 77.5 cm³/mol. The van der Waals surface area contributed by atoms with Crippen LogP contribution in [0.1, 0.15) is 35.7 Å². The molecule has 1 heterocycles. The van der Waals surface area contributed by atoms with Gasteiger partial charge in [-0.25, -0.2) is 4.68 Å². The van der Waals surface area contributed by atoms with Crippen LogP contribution in [0, 0.1) is 6.92 Å². The van der Waals surface area contributed by atoms with Crippen molar-refractivity contribution >= 4 is 11.6 Å². The number of aryl methyl sites for hydroxylation is 1. The summed E-state index contributed by atoms with van der Waals surface area (Å²) in [4.78, 5) is 0. The molecule has 0 saturated heterocycles. The van der Waals surface area contributed by atoms with E-state index >= 15 is 0 Å². The second-order valence-electron chi connectivity index (χ2n) is 5.08. The third kappa shape index (κ3) is 2.17. The van der Waals surface area contributed by atoms with Crippen molar-refractivity contribution in [2.45, 2.75) is 32.2 Å². The summed E-state index contributed by atoms with van der Waals surface area (Å²) in [5, 5.41) is 9.14. The van der Waals surface area contributed by atoms with Crippen molar-refractivity contribution in [2.75, 3.05) is 7.11 Å². The average molecular weight is 293 g/mol. The Hall–Kier alpha value is -1.59. The SMILES string of the molecule is COc1cc(Cl)c(C)cc1-n1nnc(CN)c1C1CC1. The molecule has 1 saturated carbocycles. The molecule has 1 aliphatic carbocycles. The zero-order valence-corrected chi connectivity index (χ0v) is 12.3. The van der Waals surface area contributed by atoms with Gasteiger partial charge in [0.1, 0.15) is 17.1 Å². The lowest BCUT2D eigenvalue weighted by molar-refractivity contribution is 0.411. The van der Waals surface area contributed by atoms with Crippen LogP contribution in [0.2, 0.25) is 5.02 Å². The van der Waals surface area contributed by atoms with Crippen LogP contribution in [0.3, 0.4) is 0 Å². The second-order valence-corrected chi connectivity index (χ2v) is 5.49. The van der Waals surface area contributed by atoms with Crippen LogP contribution in [-0.4, -0.2) is 22.1 Å². The van der Waals surface area contributed by atoms with Gasteiger partial charge in [-0.2, -0.15) is 0 Å². The highest BCUT2D eigenvalue weighted by Gasteiger charge is 2.32.